The first-order valence-corrected chi connectivity index (χ1v) is 4.03. The third-order valence-corrected chi connectivity index (χ3v) is 1.95. The molecular formula is C6H8BO3P. The largest absolute Gasteiger partial charge is 0.637 e. The molecule has 1 aromatic rings. The fraction of sp³-hybridized carbons (Fsp3) is 0. The van der Waals surface area contributed by atoms with Crippen LogP contribution in [0.15, 0.2) is 30.3 Å². The molecule has 0 aromatic heterocycles. The van der Waals surface area contributed by atoms with Gasteiger partial charge in [-0.25, -0.2) is 0 Å². The van der Waals surface area contributed by atoms with E-state index in [1.54, 1.807) is 0 Å². The van der Waals surface area contributed by atoms with Gasteiger partial charge < -0.3 is 14.5 Å². The van der Waals surface area contributed by atoms with Crippen molar-refractivity contribution in [3.63, 3.8) is 0 Å². The van der Waals surface area contributed by atoms with Gasteiger partial charge in [0.25, 0.3) is 0 Å². The predicted octanol–water partition coefficient (Wildman–Crippen LogP) is -0.109. The average Bonchev–Trinajstić information content (AvgIpc) is 2.03. The summed E-state index contributed by atoms with van der Waals surface area (Å²) in [5, 5.41) is 17.7. The maximum absolute atomic E-state index is 8.35. The molecule has 1 atom stereocenters. The van der Waals surface area contributed by atoms with E-state index in [4.69, 9.17) is 10.0 Å². The van der Waals surface area contributed by atoms with Gasteiger partial charge in [-0.15, -0.1) is 0 Å². The lowest BCUT2D eigenvalue weighted by Crippen LogP contribution is -2.13. The number of rotatable bonds is 3. The van der Waals surface area contributed by atoms with E-state index in [0.717, 1.165) is 5.30 Å². The van der Waals surface area contributed by atoms with Gasteiger partial charge in [-0.05, 0) is 5.30 Å². The van der Waals surface area contributed by atoms with Gasteiger partial charge in [-0.3, -0.25) is 0 Å². The Labute approximate surface area is 67.1 Å². The molecule has 0 amide bonds. The molecule has 0 aliphatic heterocycles. The van der Waals surface area contributed by atoms with E-state index in [1.807, 2.05) is 30.3 Å². The van der Waals surface area contributed by atoms with Crippen LogP contribution < -0.4 is 5.30 Å². The molecule has 0 aliphatic rings. The molecule has 0 heterocycles. The predicted molar refractivity (Wildman–Crippen MR) is 45.7 cm³/mol. The Morgan fingerprint density at radius 2 is 1.82 bits per heavy atom. The van der Waals surface area contributed by atoms with Gasteiger partial charge in [-0.2, -0.15) is 0 Å². The summed E-state index contributed by atoms with van der Waals surface area (Å²) in [6.07, 6.45) is 0. The summed E-state index contributed by atoms with van der Waals surface area (Å²) in [6, 6.07) is 9.36. The van der Waals surface area contributed by atoms with Crippen molar-refractivity contribution in [3.05, 3.63) is 30.3 Å². The normalized spacial score (nSPS) is 10.7. The number of benzene rings is 1. The molecule has 58 valence electrons. The molecule has 0 saturated carbocycles. The molecule has 0 spiro atoms. The minimum Gasteiger partial charge on any atom is -0.402 e. The maximum Gasteiger partial charge on any atom is 0.637 e. The minimum absolute atomic E-state index is 0.0152. The van der Waals surface area contributed by atoms with E-state index in [-0.39, 0.29) is 8.81 Å². The molecule has 1 rings (SSSR count). The molecular weight excluding hydrogens is 162 g/mol. The molecule has 11 heavy (non-hydrogen) atoms. The van der Waals surface area contributed by atoms with Crippen molar-refractivity contribution in [1.82, 2.24) is 0 Å². The Hall–Kier alpha value is -0.405. The van der Waals surface area contributed by atoms with E-state index in [1.165, 1.54) is 0 Å². The van der Waals surface area contributed by atoms with Crippen molar-refractivity contribution >= 4 is 21.4 Å². The van der Waals surface area contributed by atoms with Crippen molar-refractivity contribution in [2.75, 3.05) is 0 Å². The summed E-state index contributed by atoms with van der Waals surface area (Å²) >= 11 is 0. The van der Waals surface area contributed by atoms with Crippen LogP contribution in [0.3, 0.4) is 0 Å². The topological polar surface area (TPSA) is 49.7 Å². The van der Waals surface area contributed by atoms with Crippen LogP contribution in [-0.2, 0) is 4.44 Å². The molecule has 0 radical (unpaired) electrons. The van der Waals surface area contributed by atoms with Crippen LogP contribution in [-0.4, -0.2) is 17.4 Å². The smallest absolute Gasteiger partial charge is 0.402 e. The van der Waals surface area contributed by atoms with Gasteiger partial charge in [0.1, 0.15) is 0 Å². The summed E-state index contributed by atoms with van der Waals surface area (Å²) in [5.74, 6) is 0. The minimum atomic E-state index is -1.67. The van der Waals surface area contributed by atoms with Gasteiger partial charge in [0.2, 0.25) is 0 Å². The van der Waals surface area contributed by atoms with Crippen LogP contribution in [0, 0.1) is 0 Å². The fourth-order valence-corrected chi connectivity index (χ4v) is 1.20. The van der Waals surface area contributed by atoms with Gasteiger partial charge in [0.05, 0.1) is 0 Å². The highest BCUT2D eigenvalue weighted by Crippen LogP contribution is 2.10. The summed E-state index contributed by atoms with van der Waals surface area (Å²) in [5.41, 5.74) is 0. The van der Waals surface area contributed by atoms with E-state index < -0.39 is 7.32 Å². The summed E-state index contributed by atoms with van der Waals surface area (Å²) < 4.78 is 4.57. The third kappa shape index (κ3) is 3.49. The summed E-state index contributed by atoms with van der Waals surface area (Å²) in [6.45, 7) is 0. The van der Waals surface area contributed by atoms with Crippen molar-refractivity contribution in [3.8, 4) is 0 Å². The molecule has 5 heteroatoms. The molecule has 1 aromatic carbocycles. The molecule has 3 nitrogen and oxygen atoms in total. The quantitative estimate of drug-likeness (QED) is 0.491. The lowest BCUT2D eigenvalue weighted by molar-refractivity contribution is 0.305. The number of hydrogen-bond donors (Lipinski definition) is 2. The van der Waals surface area contributed by atoms with Gasteiger partial charge in [-0.1, -0.05) is 30.3 Å². The first-order valence-electron chi connectivity index (χ1n) is 3.12. The van der Waals surface area contributed by atoms with Crippen LogP contribution in [0.25, 0.3) is 0 Å². The van der Waals surface area contributed by atoms with Crippen LogP contribution in [0.5, 0.6) is 0 Å². The fourth-order valence-electron chi connectivity index (χ4n) is 0.627. The van der Waals surface area contributed by atoms with Gasteiger partial charge in [0, 0.05) is 8.81 Å². The molecule has 0 saturated heterocycles. The second-order valence-electron chi connectivity index (χ2n) is 1.91. The monoisotopic (exact) mass is 170 g/mol. The Morgan fingerprint density at radius 3 is 2.36 bits per heavy atom. The van der Waals surface area contributed by atoms with Gasteiger partial charge in [0.15, 0.2) is 0 Å². The zero-order valence-corrected chi connectivity index (χ0v) is 6.77. The van der Waals surface area contributed by atoms with E-state index in [9.17, 15) is 0 Å². The van der Waals surface area contributed by atoms with Crippen LogP contribution in [0.4, 0.5) is 0 Å². The first-order chi connectivity index (χ1) is 5.29. The van der Waals surface area contributed by atoms with Crippen molar-refractivity contribution < 1.29 is 14.5 Å². The van der Waals surface area contributed by atoms with E-state index in [0.29, 0.717) is 0 Å². The zero-order valence-electron chi connectivity index (χ0n) is 5.77. The molecule has 0 fully saturated rings. The maximum atomic E-state index is 8.35. The Balaban J connectivity index is 2.39. The third-order valence-electron chi connectivity index (χ3n) is 1.06. The van der Waals surface area contributed by atoms with Crippen LogP contribution in [0.2, 0.25) is 0 Å². The zero-order chi connectivity index (χ0) is 8.10. The summed E-state index contributed by atoms with van der Waals surface area (Å²) in [7, 11) is -1.69. The lowest BCUT2D eigenvalue weighted by Gasteiger charge is -2.00. The average molecular weight is 170 g/mol. The van der Waals surface area contributed by atoms with Crippen LogP contribution in [0.1, 0.15) is 0 Å². The van der Waals surface area contributed by atoms with E-state index >= 15 is 0 Å². The first kappa shape index (κ1) is 8.69. The van der Waals surface area contributed by atoms with Crippen LogP contribution >= 0.6 is 8.81 Å². The molecule has 1 unspecified atom stereocenters. The van der Waals surface area contributed by atoms with Crippen molar-refractivity contribution in [2.24, 2.45) is 0 Å². The highest BCUT2D eigenvalue weighted by molar-refractivity contribution is 7.43. The molecule has 2 N–H and O–H groups in total. The molecule has 0 bridgehead atoms. The highest BCUT2D eigenvalue weighted by atomic mass is 31.1. The van der Waals surface area contributed by atoms with E-state index in [2.05, 4.69) is 4.44 Å². The molecule has 0 aliphatic carbocycles. The Morgan fingerprint density at radius 1 is 1.18 bits per heavy atom. The van der Waals surface area contributed by atoms with Crippen molar-refractivity contribution in [1.29, 1.82) is 0 Å². The van der Waals surface area contributed by atoms with Crippen molar-refractivity contribution in [2.45, 2.75) is 0 Å². The Bertz CT molecular complexity index is 204. The Kier molecular flexibility index (Phi) is 3.53. The second kappa shape index (κ2) is 4.47. The SMILES string of the molecule is OB(O)OPc1ccccc1. The second-order valence-corrected chi connectivity index (χ2v) is 2.93. The summed E-state index contributed by atoms with van der Waals surface area (Å²) in [4.78, 5) is 0. The highest BCUT2D eigenvalue weighted by Gasteiger charge is 2.07. The lowest BCUT2D eigenvalue weighted by atomic mass is 10.3. The standard InChI is InChI=1S/C6H8BO3P/c8-7(9)10-11-6-4-2-1-3-5-6/h1-5,8-9,11H. The number of hydrogen-bond acceptors (Lipinski definition) is 3. The van der Waals surface area contributed by atoms with Gasteiger partial charge >= 0.3 is 7.32 Å².